The van der Waals surface area contributed by atoms with E-state index < -0.39 is 0 Å². The van der Waals surface area contributed by atoms with Gasteiger partial charge in [-0.1, -0.05) is 140 Å². The van der Waals surface area contributed by atoms with Crippen LogP contribution in [0.5, 0.6) is 0 Å². The van der Waals surface area contributed by atoms with E-state index in [0.717, 1.165) is 5.69 Å². The fourth-order valence-corrected chi connectivity index (χ4v) is 9.87. The number of benzene rings is 8. The van der Waals surface area contributed by atoms with Crippen molar-refractivity contribution in [3.63, 3.8) is 0 Å². The first-order valence-electron chi connectivity index (χ1n) is 16.6. The third-order valence-corrected chi connectivity index (χ3v) is 12.1. The van der Waals surface area contributed by atoms with Gasteiger partial charge in [-0.05, 0) is 64.0 Å². The number of anilines is 3. The summed E-state index contributed by atoms with van der Waals surface area (Å²) in [7, 11) is 0. The van der Waals surface area contributed by atoms with E-state index in [2.05, 4.69) is 181 Å². The molecule has 0 aliphatic heterocycles. The summed E-state index contributed by atoms with van der Waals surface area (Å²) in [6.45, 7) is 0. The van der Waals surface area contributed by atoms with Gasteiger partial charge in [0.25, 0.3) is 0 Å². The van der Waals surface area contributed by atoms with Crippen molar-refractivity contribution in [3.8, 4) is 22.3 Å². The summed E-state index contributed by atoms with van der Waals surface area (Å²) in [6, 6.07) is 64.3. The van der Waals surface area contributed by atoms with Crippen LogP contribution in [0.3, 0.4) is 0 Å². The Labute approximate surface area is 292 Å². The van der Waals surface area contributed by atoms with Crippen molar-refractivity contribution in [2.45, 2.75) is 0 Å². The van der Waals surface area contributed by atoms with E-state index in [4.69, 9.17) is 0 Å². The van der Waals surface area contributed by atoms with Crippen molar-refractivity contribution >= 4 is 90.9 Å². The summed E-state index contributed by atoms with van der Waals surface area (Å²) in [5, 5.41) is 7.74. The maximum atomic E-state index is 2.44. The molecule has 0 saturated carbocycles. The van der Waals surface area contributed by atoms with E-state index in [-0.39, 0.29) is 0 Å². The van der Waals surface area contributed by atoms with Gasteiger partial charge in [0.15, 0.2) is 0 Å². The number of thiophene rings is 2. The lowest BCUT2D eigenvalue weighted by Crippen LogP contribution is -2.10. The molecule has 1 nitrogen and oxygen atoms in total. The Morgan fingerprint density at radius 2 is 0.837 bits per heavy atom. The SMILES string of the molecule is c1ccc(N(c2ccc(-c3ccc(-c4cccc5c4sc4ccccc45)cc3)c3ccccc23)c2cccc3c2sc2ccccc23)cc1. The molecule has 10 rings (SSSR count). The molecule has 0 spiro atoms. The molecule has 2 aromatic heterocycles. The summed E-state index contributed by atoms with van der Waals surface area (Å²) >= 11 is 3.76. The molecule has 2 heterocycles. The van der Waals surface area contributed by atoms with Gasteiger partial charge in [-0.25, -0.2) is 0 Å². The van der Waals surface area contributed by atoms with E-state index in [0.29, 0.717) is 0 Å². The van der Waals surface area contributed by atoms with Gasteiger partial charge < -0.3 is 4.90 Å². The molecule has 0 fully saturated rings. The van der Waals surface area contributed by atoms with Gasteiger partial charge in [0.2, 0.25) is 0 Å². The lowest BCUT2D eigenvalue weighted by atomic mass is 9.94. The number of nitrogens with zero attached hydrogens (tertiary/aromatic N) is 1. The van der Waals surface area contributed by atoms with Crippen molar-refractivity contribution in [1.29, 1.82) is 0 Å². The molecule has 0 aliphatic carbocycles. The van der Waals surface area contributed by atoms with Gasteiger partial charge in [0, 0.05) is 46.7 Å². The van der Waals surface area contributed by atoms with Crippen LogP contribution in [-0.2, 0) is 0 Å². The predicted molar refractivity (Wildman–Crippen MR) is 215 cm³/mol. The summed E-state index contributed by atoms with van der Waals surface area (Å²) in [5.74, 6) is 0. The molecule has 0 N–H and O–H groups in total. The molecule has 0 radical (unpaired) electrons. The van der Waals surface area contributed by atoms with Crippen molar-refractivity contribution in [2.24, 2.45) is 0 Å². The first-order valence-corrected chi connectivity index (χ1v) is 18.2. The molecule has 0 bridgehead atoms. The zero-order valence-electron chi connectivity index (χ0n) is 26.5. The Morgan fingerprint density at radius 1 is 0.306 bits per heavy atom. The fraction of sp³-hybridized carbons (Fsp3) is 0. The topological polar surface area (TPSA) is 3.24 Å². The molecule has 0 unspecified atom stereocenters. The first-order chi connectivity index (χ1) is 24.3. The molecule has 230 valence electrons. The molecule has 0 amide bonds. The van der Waals surface area contributed by atoms with Crippen LogP contribution in [0.25, 0.3) is 73.4 Å². The zero-order chi connectivity index (χ0) is 32.3. The molecular weight excluding hydrogens is 631 g/mol. The highest BCUT2D eigenvalue weighted by atomic mass is 32.1. The van der Waals surface area contributed by atoms with Crippen LogP contribution in [0.4, 0.5) is 17.1 Å². The quantitative estimate of drug-likeness (QED) is 0.178. The van der Waals surface area contributed by atoms with Crippen LogP contribution in [0.2, 0.25) is 0 Å². The summed E-state index contributed by atoms with van der Waals surface area (Å²) in [4.78, 5) is 2.44. The molecule has 3 heteroatoms. The Hall–Kier alpha value is -5.74. The highest BCUT2D eigenvalue weighted by Gasteiger charge is 2.21. The predicted octanol–water partition coefficient (Wildman–Crippen LogP) is 14.4. The van der Waals surface area contributed by atoms with Crippen LogP contribution < -0.4 is 4.90 Å². The van der Waals surface area contributed by atoms with Crippen LogP contribution in [0.1, 0.15) is 0 Å². The normalized spacial score (nSPS) is 11.7. The largest absolute Gasteiger partial charge is 0.308 e. The number of rotatable bonds is 5. The van der Waals surface area contributed by atoms with Gasteiger partial charge >= 0.3 is 0 Å². The molecule has 0 saturated heterocycles. The average molecular weight is 660 g/mol. The Kier molecular flexibility index (Phi) is 6.61. The number of fused-ring (bicyclic) bond motifs is 7. The molecule has 8 aromatic carbocycles. The van der Waals surface area contributed by atoms with E-state index >= 15 is 0 Å². The van der Waals surface area contributed by atoms with E-state index in [1.807, 2.05) is 22.7 Å². The maximum absolute atomic E-state index is 2.44. The Balaban J connectivity index is 1.12. The molecule has 0 atom stereocenters. The minimum atomic E-state index is 1.14. The molecule has 0 aliphatic rings. The Bertz CT molecular complexity index is 2830. The van der Waals surface area contributed by atoms with E-state index in [9.17, 15) is 0 Å². The first kappa shape index (κ1) is 28.3. The monoisotopic (exact) mass is 659 g/mol. The number of hydrogen-bond acceptors (Lipinski definition) is 3. The second-order valence-corrected chi connectivity index (χ2v) is 14.6. The van der Waals surface area contributed by atoms with Crippen LogP contribution >= 0.6 is 22.7 Å². The minimum absolute atomic E-state index is 1.14. The highest BCUT2D eigenvalue weighted by Crippen LogP contribution is 2.47. The lowest BCUT2D eigenvalue weighted by Gasteiger charge is -2.28. The molecule has 10 aromatic rings. The van der Waals surface area contributed by atoms with Crippen molar-refractivity contribution in [2.75, 3.05) is 4.90 Å². The van der Waals surface area contributed by atoms with Crippen molar-refractivity contribution < 1.29 is 0 Å². The third kappa shape index (κ3) is 4.58. The van der Waals surface area contributed by atoms with Crippen LogP contribution in [-0.4, -0.2) is 0 Å². The van der Waals surface area contributed by atoms with Gasteiger partial charge in [-0.2, -0.15) is 0 Å². The summed E-state index contributed by atoms with van der Waals surface area (Å²) in [6.07, 6.45) is 0. The van der Waals surface area contributed by atoms with Gasteiger partial charge in [0.05, 0.1) is 16.1 Å². The molecular formula is C46H29NS2. The van der Waals surface area contributed by atoms with Crippen LogP contribution in [0.15, 0.2) is 176 Å². The second kappa shape index (κ2) is 11.5. The van der Waals surface area contributed by atoms with E-state index in [1.165, 1.54) is 84.7 Å². The highest BCUT2D eigenvalue weighted by molar-refractivity contribution is 7.26. The fourth-order valence-electron chi connectivity index (χ4n) is 7.43. The lowest BCUT2D eigenvalue weighted by molar-refractivity contribution is 1.32. The number of hydrogen-bond donors (Lipinski definition) is 0. The van der Waals surface area contributed by atoms with Gasteiger partial charge in [-0.3, -0.25) is 0 Å². The van der Waals surface area contributed by atoms with Gasteiger partial charge in [0.1, 0.15) is 0 Å². The zero-order valence-corrected chi connectivity index (χ0v) is 28.1. The summed E-state index contributed by atoms with van der Waals surface area (Å²) < 4.78 is 5.29. The molecule has 49 heavy (non-hydrogen) atoms. The van der Waals surface area contributed by atoms with E-state index in [1.54, 1.807) is 0 Å². The smallest absolute Gasteiger partial charge is 0.0640 e. The average Bonchev–Trinajstić information content (AvgIpc) is 3.75. The van der Waals surface area contributed by atoms with Crippen molar-refractivity contribution in [1.82, 2.24) is 0 Å². The standard InChI is InChI=1S/C46H29NS2/c1-2-12-32(13-3-1)47(42-21-11-20-40-38-17-7-9-23-44(38)49-46(40)42)41-29-28-33(35-14-4-5-15-36(35)41)30-24-26-31(27-25-30)34-18-10-19-39-37-16-6-8-22-43(37)48-45(34)39/h1-29H. The van der Waals surface area contributed by atoms with Crippen molar-refractivity contribution in [3.05, 3.63) is 176 Å². The van der Waals surface area contributed by atoms with Gasteiger partial charge in [-0.15, -0.1) is 22.7 Å². The maximum Gasteiger partial charge on any atom is 0.0640 e. The Morgan fingerprint density at radius 3 is 1.55 bits per heavy atom. The number of para-hydroxylation sites is 1. The minimum Gasteiger partial charge on any atom is -0.308 e. The van der Waals surface area contributed by atoms with Crippen LogP contribution in [0, 0.1) is 0 Å². The summed E-state index contributed by atoms with van der Waals surface area (Å²) in [5.41, 5.74) is 8.50. The second-order valence-electron chi connectivity index (χ2n) is 12.5. The third-order valence-electron chi connectivity index (χ3n) is 9.69.